The standard InChI is InChI=1S/C22H17Br2NO2/c1-13(27-21-9-6-16(23)12-20(21)24)22(26)25-17-7-8-19-15(11-17)10-14-4-2-3-5-18(14)19/h2-9,11-13H,10H2,1H3,(H,25,26)/t13-/m1/s1. The van der Waals surface area contributed by atoms with Gasteiger partial charge in [-0.15, -0.1) is 0 Å². The number of fused-ring (bicyclic) bond motifs is 3. The fraction of sp³-hybridized carbons (Fsp3) is 0.136. The summed E-state index contributed by atoms with van der Waals surface area (Å²) in [5.74, 6) is 0.450. The first-order chi connectivity index (χ1) is 13.0. The quantitative estimate of drug-likeness (QED) is 0.373. The number of rotatable bonds is 4. The first kappa shape index (κ1) is 18.3. The molecule has 4 rings (SSSR count). The van der Waals surface area contributed by atoms with E-state index in [1.54, 1.807) is 6.92 Å². The Morgan fingerprint density at radius 1 is 1.00 bits per heavy atom. The van der Waals surface area contributed by atoms with Gasteiger partial charge in [-0.2, -0.15) is 0 Å². The molecule has 0 radical (unpaired) electrons. The van der Waals surface area contributed by atoms with Crippen LogP contribution in [-0.2, 0) is 11.2 Å². The number of carbonyl (C=O) groups excluding carboxylic acids is 1. The van der Waals surface area contributed by atoms with E-state index in [1.165, 1.54) is 22.3 Å². The Bertz CT molecular complexity index is 1030. The van der Waals surface area contributed by atoms with Crippen LogP contribution in [0.25, 0.3) is 11.1 Å². The van der Waals surface area contributed by atoms with Gasteiger partial charge in [0.1, 0.15) is 5.75 Å². The molecule has 0 unspecified atom stereocenters. The van der Waals surface area contributed by atoms with Gasteiger partial charge in [-0.1, -0.05) is 46.3 Å². The number of nitrogens with one attached hydrogen (secondary N) is 1. The number of benzene rings is 3. The van der Waals surface area contributed by atoms with Crippen LogP contribution >= 0.6 is 31.9 Å². The highest BCUT2D eigenvalue weighted by Crippen LogP contribution is 2.37. The molecule has 0 heterocycles. The van der Waals surface area contributed by atoms with Crippen LogP contribution < -0.4 is 10.1 Å². The maximum absolute atomic E-state index is 12.6. The number of ether oxygens (including phenoxy) is 1. The summed E-state index contributed by atoms with van der Waals surface area (Å²) in [5, 5.41) is 2.96. The largest absolute Gasteiger partial charge is 0.480 e. The van der Waals surface area contributed by atoms with Crippen LogP contribution in [0.4, 0.5) is 5.69 Å². The van der Waals surface area contributed by atoms with Crippen LogP contribution in [0, 0.1) is 0 Å². The number of halogens is 2. The maximum atomic E-state index is 12.6. The minimum Gasteiger partial charge on any atom is -0.480 e. The first-order valence-electron chi connectivity index (χ1n) is 8.65. The second kappa shape index (κ2) is 7.49. The summed E-state index contributed by atoms with van der Waals surface area (Å²) >= 11 is 6.86. The number of carbonyl (C=O) groups is 1. The molecule has 1 aliphatic carbocycles. The number of hydrogen-bond donors (Lipinski definition) is 1. The average Bonchev–Trinajstić information content (AvgIpc) is 3.01. The summed E-state index contributed by atoms with van der Waals surface area (Å²) in [6.45, 7) is 1.74. The smallest absolute Gasteiger partial charge is 0.265 e. The Hall–Kier alpha value is -2.11. The van der Waals surface area contributed by atoms with Crippen LogP contribution in [-0.4, -0.2) is 12.0 Å². The van der Waals surface area contributed by atoms with Crippen LogP contribution in [0.5, 0.6) is 5.75 Å². The van der Waals surface area contributed by atoms with E-state index in [0.29, 0.717) is 5.75 Å². The molecule has 1 atom stereocenters. The fourth-order valence-corrected chi connectivity index (χ4v) is 4.42. The predicted molar refractivity (Wildman–Crippen MR) is 115 cm³/mol. The molecule has 0 saturated carbocycles. The lowest BCUT2D eigenvalue weighted by atomic mass is 10.1. The summed E-state index contributed by atoms with van der Waals surface area (Å²) in [6.07, 6.45) is 0.278. The Kier molecular flexibility index (Phi) is 5.06. The van der Waals surface area contributed by atoms with Crippen LogP contribution in [0.15, 0.2) is 69.6 Å². The molecule has 0 aromatic heterocycles. The minimum atomic E-state index is -0.618. The van der Waals surface area contributed by atoms with E-state index in [0.717, 1.165) is 21.1 Å². The molecule has 136 valence electrons. The number of amides is 1. The van der Waals surface area contributed by atoms with Gasteiger partial charge in [-0.05, 0) is 81.9 Å². The second-order valence-corrected chi connectivity index (χ2v) is 8.30. The third-order valence-corrected chi connectivity index (χ3v) is 5.74. The minimum absolute atomic E-state index is 0.180. The van der Waals surface area contributed by atoms with Gasteiger partial charge in [-0.3, -0.25) is 4.79 Å². The maximum Gasteiger partial charge on any atom is 0.265 e. The lowest BCUT2D eigenvalue weighted by Gasteiger charge is -2.16. The predicted octanol–water partition coefficient (Wildman–Crippen LogP) is 6.19. The van der Waals surface area contributed by atoms with Gasteiger partial charge in [0.25, 0.3) is 5.91 Å². The highest BCUT2D eigenvalue weighted by atomic mass is 79.9. The van der Waals surface area contributed by atoms with Gasteiger partial charge < -0.3 is 10.1 Å². The van der Waals surface area contributed by atoms with Gasteiger partial charge in [0.05, 0.1) is 4.47 Å². The third-order valence-electron chi connectivity index (χ3n) is 4.63. The SMILES string of the molecule is C[C@@H](Oc1ccc(Br)cc1Br)C(=O)Nc1ccc2c(c1)Cc1ccccc1-2. The van der Waals surface area contributed by atoms with Crippen molar-refractivity contribution in [3.8, 4) is 16.9 Å². The van der Waals surface area contributed by atoms with E-state index in [1.807, 2.05) is 24.3 Å². The van der Waals surface area contributed by atoms with Gasteiger partial charge in [0.15, 0.2) is 6.10 Å². The van der Waals surface area contributed by atoms with Crippen LogP contribution in [0.2, 0.25) is 0 Å². The van der Waals surface area contributed by atoms with Crippen molar-refractivity contribution in [1.29, 1.82) is 0 Å². The number of hydrogen-bond acceptors (Lipinski definition) is 2. The van der Waals surface area contributed by atoms with Crippen LogP contribution in [0.1, 0.15) is 18.1 Å². The van der Waals surface area contributed by atoms with E-state index >= 15 is 0 Å². The molecule has 1 aliphatic rings. The van der Waals surface area contributed by atoms with Crippen molar-refractivity contribution in [1.82, 2.24) is 0 Å². The molecular weight excluding hydrogens is 470 g/mol. The van der Waals surface area contributed by atoms with Crippen molar-refractivity contribution >= 4 is 43.5 Å². The summed E-state index contributed by atoms with van der Waals surface area (Å²) in [5.41, 5.74) is 5.87. The molecule has 1 amide bonds. The van der Waals surface area contributed by atoms with E-state index in [9.17, 15) is 4.79 Å². The third kappa shape index (κ3) is 3.80. The summed E-state index contributed by atoms with van der Waals surface area (Å²) in [6, 6.07) is 20.1. The Morgan fingerprint density at radius 3 is 2.59 bits per heavy atom. The summed E-state index contributed by atoms with van der Waals surface area (Å²) < 4.78 is 7.54. The lowest BCUT2D eigenvalue weighted by Crippen LogP contribution is -2.30. The van der Waals surface area contributed by atoms with Crippen LogP contribution in [0.3, 0.4) is 0 Å². The van der Waals surface area contributed by atoms with Crippen molar-refractivity contribution in [3.05, 3.63) is 80.7 Å². The monoisotopic (exact) mass is 485 g/mol. The molecule has 3 aromatic rings. The van der Waals surface area contributed by atoms with Gasteiger partial charge in [-0.25, -0.2) is 0 Å². The molecule has 0 spiro atoms. The van der Waals surface area contributed by atoms with Crippen molar-refractivity contribution in [3.63, 3.8) is 0 Å². The highest BCUT2D eigenvalue weighted by molar-refractivity contribution is 9.11. The molecule has 0 bridgehead atoms. The zero-order valence-electron chi connectivity index (χ0n) is 14.6. The highest BCUT2D eigenvalue weighted by Gasteiger charge is 2.20. The van der Waals surface area contributed by atoms with E-state index < -0.39 is 6.10 Å². The lowest BCUT2D eigenvalue weighted by molar-refractivity contribution is -0.122. The Balaban J connectivity index is 1.46. The van der Waals surface area contributed by atoms with Gasteiger partial charge >= 0.3 is 0 Å². The molecule has 0 fully saturated rings. The molecule has 0 aliphatic heterocycles. The van der Waals surface area contributed by atoms with Gasteiger partial charge in [0.2, 0.25) is 0 Å². The van der Waals surface area contributed by atoms with E-state index in [-0.39, 0.29) is 5.91 Å². The van der Waals surface area contributed by atoms with Crippen molar-refractivity contribution < 1.29 is 9.53 Å². The zero-order chi connectivity index (χ0) is 19.0. The molecule has 1 N–H and O–H groups in total. The zero-order valence-corrected chi connectivity index (χ0v) is 17.8. The average molecular weight is 487 g/mol. The van der Waals surface area contributed by atoms with Crippen molar-refractivity contribution in [2.24, 2.45) is 0 Å². The van der Waals surface area contributed by atoms with Crippen molar-refractivity contribution in [2.45, 2.75) is 19.4 Å². The molecule has 27 heavy (non-hydrogen) atoms. The van der Waals surface area contributed by atoms with Gasteiger partial charge in [0, 0.05) is 10.2 Å². The summed E-state index contributed by atoms with van der Waals surface area (Å²) in [7, 11) is 0. The Labute approximate surface area is 175 Å². The molecule has 5 heteroatoms. The Morgan fingerprint density at radius 2 is 1.78 bits per heavy atom. The molecule has 0 saturated heterocycles. The first-order valence-corrected chi connectivity index (χ1v) is 10.2. The molecule has 3 nitrogen and oxygen atoms in total. The fourth-order valence-electron chi connectivity index (χ4n) is 3.28. The topological polar surface area (TPSA) is 38.3 Å². The van der Waals surface area contributed by atoms with Crippen molar-refractivity contribution in [2.75, 3.05) is 5.32 Å². The molecular formula is C22H17Br2NO2. The van der Waals surface area contributed by atoms with E-state index in [4.69, 9.17) is 4.74 Å². The summed E-state index contributed by atoms with van der Waals surface area (Å²) in [4.78, 5) is 12.6. The normalized spacial score (nSPS) is 12.9. The second-order valence-electron chi connectivity index (χ2n) is 6.53. The number of anilines is 1. The molecule has 3 aromatic carbocycles. The van der Waals surface area contributed by atoms with E-state index in [2.05, 4.69) is 73.6 Å².